The van der Waals surface area contributed by atoms with E-state index in [1.54, 1.807) is 18.2 Å². The van der Waals surface area contributed by atoms with Crippen molar-refractivity contribution in [2.45, 2.75) is 30.2 Å². The third kappa shape index (κ3) is 2.70. The highest BCUT2D eigenvalue weighted by atomic mass is 32.2. The van der Waals surface area contributed by atoms with Gasteiger partial charge in [0.05, 0.1) is 10.8 Å². The van der Waals surface area contributed by atoms with Gasteiger partial charge in [0, 0.05) is 6.04 Å². The average Bonchev–Trinajstić information content (AvgIpc) is 2.78. The van der Waals surface area contributed by atoms with Crippen LogP contribution in [0.15, 0.2) is 35.2 Å². The summed E-state index contributed by atoms with van der Waals surface area (Å²) in [5.41, 5.74) is 0. The molecule has 2 unspecified atom stereocenters. The molecule has 1 aromatic carbocycles. The van der Waals surface area contributed by atoms with E-state index in [-0.39, 0.29) is 4.90 Å². The van der Waals surface area contributed by atoms with E-state index in [2.05, 4.69) is 4.72 Å². The minimum Gasteiger partial charge on any atom is -0.481 e. The molecule has 1 aliphatic carbocycles. The molecule has 6 heteroatoms. The zero-order valence-corrected chi connectivity index (χ0v) is 10.6. The van der Waals surface area contributed by atoms with Gasteiger partial charge in [0.25, 0.3) is 0 Å². The van der Waals surface area contributed by atoms with E-state index in [1.807, 2.05) is 0 Å². The fourth-order valence-corrected chi connectivity index (χ4v) is 3.60. The van der Waals surface area contributed by atoms with Crippen molar-refractivity contribution >= 4 is 16.0 Å². The maximum Gasteiger partial charge on any atom is 0.308 e. The second kappa shape index (κ2) is 5.07. The Bertz CT molecular complexity index is 526. The first kappa shape index (κ1) is 13.0. The number of aliphatic carboxylic acids is 1. The van der Waals surface area contributed by atoms with Crippen molar-refractivity contribution in [3.8, 4) is 0 Å². The lowest BCUT2D eigenvalue weighted by atomic mass is 10.1. The number of rotatable bonds is 4. The van der Waals surface area contributed by atoms with Crippen LogP contribution in [0.2, 0.25) is 0 Å². The van der Waals surface area contributed by atoms with Gasteiger partial charge in [-0.25, -0.2) is 13.1 Å². The summed E-state index contributed by atoms with van der Waals surface area (Å²) in [5.74, 6) is -1.56. The normalized spacial score (nSPS) is 24.0. The van der Waals surface area contributed by atoms with E-state index in [0.29, 0.717) is 12.8 Å². The Hall–Kier alpha value is -1.40. The Labute approximate surface area is 106 Å². The van der Waals surface area contributed by atoms with Crippen LogP contribution in [0.1, 0.15) is 19.3 Å². The Balaban J connectivity index is 2.16. The zero-order chi connectivity index (χ0) is 13.2. The predicted octanol–water partition coefficient (Wildman–Crippen LogP) is 1.22. The molecule has 0 bridgehead atoms. The molecule has 98 valence electrons. The quantitative estimate of drug-likeness (QED) is 0.860. The highest BCUT2D eigenvalue weighted by Gasteiger charge is 2.35. The van der Waals surface area contributed by atoms with Crippen LogP contribution in [-0.4, -0.2) is 25.5 Å². The van der Waals surface area contributed by atoms with E-state index < -0.39 is 28.0 Å². The van der Waals surface area contributed by atoms with Crippen LogP contribution in [0.25, 0.3) is 0 Å². The number of hydrogen-bond donors (Lipinski definition) is 2. The van der Waals surface area contributed by atoms with Crippen molar-refractivity contribution < 1.29 is 18.3 Å². The molecule has 0 amide bonds. The molecule has 0 aliphatic heterocycles. The molecule has 0 saturated heterocycles. The maximum atomic E-state index is 12.1. The summed E-state index contributed by atoms with van der Waals surface area (Å²) in [4.78, 5) is 11.2. The lowest BCUT2D eigenvalue weighted by molar-refractivity contribution is -0.141. The van der Waals surface area contributed by atoms with Gasteiger partial charge in [-0.05, 0) is 25.0 Å². The first-order valence-electron chi connectivity index (χ1n) is 5.81. The highest BCUT2D eigenvalue weighted by Crippen LogP contribution is 2.27. The summed E-state index contributed by atoms with van der Waals surface area (Å²) in [6.07, 6.45) is 1.83. The summed E-state index contributed by atoms with van der Waals surface area (Å²) >= 11 is 0. The highest BCUT2D eigenvalue weighted by molar-refractivity contribution is 7.89. The minimum absolute atomic E-state index is 0.168. The molecule has 0 heterocycles. The van der Waals surface area contributed by atoms with Crippen LogP contribution >= 0.6 is 0 Å². The molecule has 0 spiro atoms. The number of benzene rings is 1. The van der Waals surface area contributed by atoms with Gasteiger partial charge < -0.3 is 5.11 Å². The third-order valence-electron chi connectivity index (χ3n) is 3.19. The molecule has 18 heavy (non-hydrogen) atoms. The first-order valence-corrected chi connectivity index (χ1v) is 7.29. The molecule has 1 fully saturated rings. The van der Waals surface area contributed by atoms with Gasteiger partial charge in [0.1, 0.15) is 0 Å². The molecule has 2 rings (SSSR count). The lowest BCUT2D eigenvalue weighted by Crippen LogP contribution is -2.40. The molecular formula is C12H15NO4S. The van der Waals surface area contributed by atoms with Crippen molar-refractivity contribution in [2.75, 3.05) is 0 Å². The van der Waals surface area contributed by atoms with Gasteiger partial charge in [-0.3, -0.25) is 4.79 Å². The van der Waals surface area contributed by atoms with Gasteiger partial charge in [0.2, 0.25) is 10.0 Å². The van der Waals surface area contributed by atoms with Crippen LogP contribution in [0.5, 0.6) is 0 Å². The third-order valence-corrected chi connectivity index (χ3v) is 4.70. The topological polar surface area (TPSA) is 83.5 Å². The second-order valence-electron chi connectivity index (χ2n) is 4.42. The van der Waals surface area contributed by atoms with Crippen LogP contribution in [0.4, 0.5) is 0 Å². The molecule has 2 N–H and O–H groups in total. The smallest absolute Gasteiger partial charge is 0.308 e. The van der Waals surface area contributed by atoms with Crippen LogP contribution in [-0.2, 0) is 14.8 Å². The van der Waals surface area contributed by atoms with Crippen LogP contribution in [0, 0.1) is 5.92 Å². The van der Waals surface area contributed by atoms with Crippen molar-refractivity contribution in [3.63, 3.8) is 0 Å². The largest absolute Gasteiger partial charge is 0.481 e. The van der Waals surface area contributed by atoms with Crippen molar-refractivity contribution in [1.29, 1.82) is 0 Å². The summed E-state index contributed by atoms with van der Waals surface area (Å²) in [6.45, 7) is 0. The monoisotopic (exact) mass is 269 g/mol. The van der Waals surface area contributed by atoms with Gasteiger partial charge >= 0.3 is 5.97 Å². The van der Waals surface area contributed by atoms with Crippen LogP contribution in [0.3, 0.4) is 0 Å². The maximum absolute atomic E-state index is 12.1. The Morgan fingerprint density at radius 3 is 2.50 bits per heavy atom. The van der Waals surface area contributed by atoms with E-state index in [9.17, 15) is 13.2 Å². The van der Waals surface area contributed by atoms with Gasteiger partial charge in [-0.15, -0.1) is 0 Å². The second-order valence-corrected chi connectivity index (χ2v) is 6.13. The summed E-state index contributed by atoms with van der Waals surface area (Å²) in [6, 6.07) is 7.48. The van der Waals surface area contributed by atoms with Crippen molar-refractivity contribution in [1.82, 2.24) is 4.72 Å². The molecular weight excluding hydrogens is 254 g/mol. The average molecular weight is 269 g/mol. The Morgan fingerprint density at radius 2 is 1.89 bits per heavy atom. The number of hydrogen-bond acceptors (Lipinski definition) is 3. The molecule has 1 saturated carbocycles. The minimum atomic E-state index is -3.62. The SMILES string of the molecule is O=C(O)C1CCCC1NS(=O)(=O)c1ccccc1. The van der Waals surface area contributed by atoms with Crippen molar-refractivity contribution in [3.05, 3.63) is 30.3 Å². The fraction of sp³-hybridized carbons (Fsp3) is 0.417. The van der Waals surface area contributed by atoms with Gasteiger partial charge in [-0.1, -0.05) is 24.6 Å². The number of sulfonamides is 1. The Kier molecular flexibility index (Phi) is 3.68. The van der Waals surface area contributed by atoms with Crippen LogP contribution < -0.4 is 4.72 Å². The number of carboxylic acid groups (broad SMARTS) is 1. The first-order chi connectivity index (χ1) is 8.50. The number of carboxylic acids is 1. The van der Waals surface area contributed by atoms with Gasteiger partial charge in [-0.2, -0.15) is 0 Å². The summed E-state index contributed by atoms with van der Waals surface area (Å²) in [7, 11) is -3.62. The van der Waals surface area contributed by atoms with E-state index >= 15 is 0 Å². The van der Waals surface area contributed by atoms with E-state index in [4.69, 9.17) is 5.11 Å². The molecule has 0 aromatic heterocycles. The standard InChI is InChI=1S/C12H15NO4S/c14-12(15)10-7-4-8-11(10)13-18(16,17)9-5-2-1-3-6-9/h1-3,5-6,10-11,13H,4,7-8H2,(H,14,15). The molecule has 1 aromatic rings. The lowest BCUT2D eigenvalue weighted by Gasteiger charge is -2.17. The predicted molar refractivity (Wildman–Crippen MR) is 65.5 cm³/mol. The van der Waals surface area contributed by atoms with E-state index in [1.165, 1.54) is 12.1 Å². The molecule has 1 aliphatic rings. The van der Waals surface area contributed by atoms with Crippen molar-refractivity contribution in [2.24, 2.45) is 5.92 Å². The molecule has 0 radical (unpaired) electrons. The number of carbonyl (C=O) groups is 1. The van der Waals surface area contributed by atoms with E-state index in [0.717, 1.165) is 6.42 Å². The van der Waals surface area contributed by atoms with Gasteiger partial charge in [0.15, 0.2) is 0 Å². The zero-order valence-electron chi connectivity index (χ0n) is 9.74. The fourth-order valence-electron chi connectivity index (χ4n) is 2.26. The summed E-state index contributed by atoms with van der Waals surface area (Å²) in [5, 5.41) is 9.02. The molecule has 5 nitrogen and oxygen atoms in total. The number of nitrogens with one attached hydrogen (secondary N) is 1. The summed E-state index contributed by atoms with van der Waals surface area (Å²) < 4.78 is 26.6. The molecule has 2 atom stereocenters. The Morgan fingerprint density at radius 1 is 1.22 bits per heavy atom.